The fourth-order valence-corrected chi connectivity index (χ4v) is 7.31. The van der Waals surface area contributed by atoms with E-state index in [1.807, 2.05) is 54.6 Å². The molecule has 0 spiro atoms. The van der Waals surface area contributed by atoms with Crippen LogP contribution in [0.3, 0.4) is 0 Å². The third kappa shape index (κ3) is 5.58. The van der Waals surface area contributed by atoms with Gasteiger partial charge >= 0.3 is 0 Å². The van der Waals surface area contributed by atoms with Gasteiger partial charge in [0, 0.05) is 53.3 Å². The van der Waals surface area contributed by atoms with E-state index in [1.54, 1.807) is 19.4 Å². The highest BCUT2D eigenvalue weighted by Crippen LogP contribution is 2.43. The number of hydrogen-bond donors (Lipinski definition) is 1. The Balaban J connectivity index is 1.30. The first-order valence-electron chi connectivity index (χ1n) is 15.6. The van der Waals surface area contributed by atoms with E-state index in [4.69, 9.17) is 19.4 Å². The second-order valence-electron chi connectivity index (χ2n) is 12.1. The average molecular weight is 599 g/mol. The number of rotatable bonds is 10. The lowest BCUT2D eigenvalue weighted by Crippen LogP contribution is -2.54. The number of methoxy groups -OCH3 is 1. The Bertz CT molecular complexity index is 1870. The predicted molar refractivity (Wildman–Crippen MR) is 178 cm³/mol. The molecular formula is C38H38N4O3. The zero-order chi connectivity index (χ0) is 30.9. The second kappa shape index (κ2) is 12.4. The number of ether oxygens (including phenoxy) is 2. The van der Waals surface area contributed by atoms with Gasteiger partial charge in [0.25, 0.3) is 0 Å². The van der Waals surface area contributed by atoms with Crippen LogP contribution in [0.25, 0.3) is 27.9 Å². The number of hydrogen-bond acceptors (Lipinski definition) is 7. The largest absolute Gasteiger partial charge is 0.496 e. The minimum atomic E-state index is -0.694. The lowest BCUT2D eigenvalue weighted by atomic mass is 9.73. The third-order valence-corrected chi connectivity index (χ3v) is 9.56. The molecule has 2 aromatic carbocycles. The van der Waals surface area contributed by atoms with Gasteiger partial charge in [-0.25, -0.2) is 4.98 Å². The zero-order valence-corrected chi connectivity index (χ0v) is 25.6. The van der Waals surface area contributed by atoms with Gasteiger partial charge in [-0.2, -0.15) is 0 Å². The van der Waals surface area contributed by atoms with E-state index < -0.39 is 6.10 Å². The highest BCUT2D eigenvalue weighted by molar-refractivity contribution is 5.94. The van der Waals surface area contributed by atoms with Crippen LogP contribution < -0.4 is 9.47 Å². The maximum Gasteiger partial charge on any atom is 0.214 e. The minimum Gasteiger partial charge on any atom is -0.496 e. The fraction of sp³-hybridized carbons (Fsp3) is 0.289. The van der Waals surface area contributed by atoms with Gasteiger partial charge in [0.05, 0.1) is 29.9 Å². The molecule has 3 fully saturated rings. The van der Waals surface area contributed by atoms with Crippen LogP contribution in [-0.4, -0.2) is 51.2 Å². The Kier molecular flexibility index (Phi) is 8.04. The van der Waals surface area contributed by atoms with Gasteiger partial charge in [-0.15, -0.1) is 6.58 Å². The van der Waals surface area contributed by atoms with Crippen molar-refractivity contribution in [3.63, 3.8) is 0 Å². The van der Waals surface area contributed by atoms with Gasteiger partial charge < -0.3 is 14.6 Å². The molecule has 1 N–H and O–H groups in total. The summed E-state index contributed by atoms with van der Waals surface area (Å²) in [4.78, 5) is 16.7. The summed E-state index contributed by atoms with van der Waals surface area (Å²) < 4.78 is 11.8. The Morgan fingerprint density at radius 1 is 1.02 bits per heavy atom. The quantitative estimate of drug-likeness (QED) is 0.175. The lowest BCUT2D eigenvalue weighted by Gasteiger charge is -2.50. The first-order chi connectivity index (χ1) is 22.1. The number of nitrogens with zero attached hydrogens (tertiary/aromatic N) is 4. The number of para-hydroxylation sites is 1. The molecule has 5 aromatic rings. The molecule has 0 aliphatic carbocycles. The van der Waals surface area contributed by atoms with Crippen LogP contribution in [0.1, 0.15) is 47.0 Å². The van der Waals surface area contributed by atoms with Gasteiger partial charge in [0.2, 0.25) is 5.88 Å². The van der Waals surface area contributed by atoms with Crippen molar-refractivity contribution in [3.8, 4) is 11.6 Å². The van der Waals surface area contributed by atoms with Crippen molar-refractivity contribution in [3.05, 3.63) is 120 Å². The van der Waals surface area contributed by atoms with Gasteiger partial charge in [0.15, 0.2) is 0 Å². The van der Waals surface area contributed by atoms with E-state index in [9.17, 15) is 5.11 Å². The summed E-state index contributed by atoms with van der Waals surface area (Å²) in [5.74, 6) is 2.27. The Morgan fingerprint density at radius 3 is 2.64 bits per heavy atom. The van der Waals surface area contributed by atoms with Crippen molar-refractivity contribution in [2.75, 3.05) is 20.2 Å². The predicted octanol–water partition coefficient (Wildman–Crippen LogP) is 6.93. The molecule has 6 heterocycles. The molecule has 3 aliphatic rings. The standard InChI is InChI=1S/C38H38N4O3/c1-4-24-22-42-17-15-25(24)19-34(42)38(43)31-21-28(40-33-13-14-35(44-3)29(5-2)37(31)33)18-26-20-36(41-32-12-7-6-11-30(26)32)45-23-27-10-8-9-16-39-27/h4-14,16,20-21,24-25,34,38,43H,1-2,15,17-19,22-23H2,3H3/t24-,25?,34-,38+/m0/s1. The van der Waals surface area contributed by atoms with Gasteiger partial charge in [-0.1, -0.05) is 43.0 Å². The molecule has 0 radical (unpaired) electrons. The first-order valence-corrected chi connectivity index (χ1v) is 15.6. The summed E-state index contributed by atoms with van der Waals surface area (Å²) in [5, 5.41) is 14.1. The Hall–Kier alpha value is -4.59. The first kappa shape index (κ1) is 29.1. The zero-order valence-electron chi connectivity index (χ0n) is 25.6. The van der Waals surface area contributed by atoms with E-state index in [1.165, 1.54) is 0 Å². The number of pyridine rings is 3. The fourth-order valence-electron chi connectivity index (χ4n) is 7.31. The number of fused-ring (bicyclic) bond motifs is 5. The topological polar surface area (TPSA) is 80.6 Å². The number of aliphatic hydroxyl groups is 1. The van der Waals surface area contributed by atoms with E-state index in [0.29, 0.717) is 36.5 Å². The van der Waals surface area contributed by atoms with Gasteiger partial charge in [-0.3, -0.25) is 14.9 Å². The number of benzene rings is 2. The van der Waals surface area contributed by atoms with Gasteiger partial charge in [-0.05, 0) is 78.7 Å². The van der Waals surface area contributed by atoms with E-state index >= 15 is 0 Å². The van der Waals surface area contributed by atoms with Crippen molar-refractivity contribution >= 4 is 27.9 Å². The Morgan fingerprint density at radius 2 is 1.89 bits per heavy atom. The molecule has 8 rings (SSSR count). The smallest absolute Gasteiger partial charge is 0.214 e. The van der Waals surface area contributed by atoms with Crippen molar-refractivity contribution < 1.29 is 14.6 Å². The van der Waals surface area contributed by atoms with Crippen molar-refractivity contribution in [1.82, 2.24) is 19.9 Å². The molecular weight excluding hydrogens is 560 g/mol. The molecule has 45 heavy (non-hydrogen) atoms. The van der Waals surface area contributed by atoms with Crippen LogP contribution in [0.2, 0.25) is 0 Å². The molecule has 5 atom stereocenters. The molecule has 0 amide bonds. The summed E-state index contributed by atoms with van der Waals surface area (Å²) in [7, 11) is 1.66. The Labute approximate surface area is 263 Å². The van der Waals surface area contributed by atoms with Crippen molar-refractivity contribution in [2.24, 2.45) is 11.8 Å². The van der Waals surface area contributed by atoms with E-state index in [0.717, 1.165) is 75.8 Å². The molecule has 0 saturated carbocycles. The maximum atomic E-state index is 12.2. The van der Waals surface area contributed by atoms with Crippen LogP contribution in [0, 0.1) is 11.8 Å². The molecule has 2 unspecified atom stereocenters. The summed E-state index contributed by atoms with van der Waals surface area (Å²) in [6.07, 6.45) is 7.60. The monoisotopic (exact) mass is 598 g/mol. The third-order valence-electron chi connectivity index (χ3n) is 9.56. The molecule has 2 bridgehead atoms. The highest BCUT2D eigenvalue weighted by atomic mass is 16.5. The number of aromatic nitrogens is 3. The van der Waals surface area contributed by atoms with E-state index in [2.05, 4.69) is 41.3 Å². The van der Waals surface area contributed by atoms with E-state index in [-0.39, 0.29) is 6.04 Å². The summed E-state index contributed by atoms with van der Waals surface area (Å²) in [5.41, 5.74) is 6.13. The molecule has 7 heteroatoms. The summed E-state index contributed by atoms with van der Waals surface area (Å²) >= 11 is 0. The molecule has 7 nitrogen and oxygen atoms in total. The van der Waals surface area contributed by atoms with Crippen molar-refractivity contribution in [2.45, 2.75) is 38.0 Å². The van der Waals surface area contributed by atoms with Gasteiger partial charge in [0.1, 0.15) is 12.4 Å². The van der Waals surface area contributed by atoms with Crippen LogP contribution in [0.4, 0.5) is 0 Å². The summed E-state index contributed by atoms with van der Waals surface area (Å²) in [6, 6.07) is 21.9. The van der Waals surface area contributed by atoms with Crippen LogP contribution in [0.5, 0.6) is 11.6 Å². The summed E-state index contributed by atoms with van der Waals surface area (Å²) in [6.45, 7) is 10.4. The van der Waals surface area contributed by atoms with Crippen LogP contribution >= 0.6 is 0 Å². The second-order valence-corrected chi connectivity index (χ2v) is 12.1. The normalized spacial score (nSPS) is 21.5. The maximum absolute atomic E-state index is 12.2. The molecule has 3 aromatic heterocycles. The highest BCUT2D eigenvalue weighted by Gasteiger charge is 2.42. The molecule has 3 aliphatic heterocycles. The molecule has 228 valence electrons. The minimum absolute atomic E-state index is 0.0237. The van der Waals surface area contributed by atoms with Crippen LogP contribution in [-0.2, 0) is 13.0 Å². The SMILES string of the molecule is C=Cc1c(OC)ccc2nc(Cc3cc(OCc4ccccn4)nc4ccccc34)cc([C@@H](O)[C@@H]3CC4CCN3C[C@@H]4C=C)c12. The number of piperidine rings is 3. The average Bonchev–Trinajstić information content (AvgIpc) is 3.10. The lowest BCUT2D eigenvalue weighted by molar-refractivity contribution is -0.0445. The van der Waals surface area contributed by atoms with Crippen LogP contribution in [0.15, 0.2) is 92.2 Å². The number of aliphatic hydroxyl groups excluding tert-OH is 1. The van der Waals surface area contributed by atoms with Crippen molar-refractivity contribution in [1.29, 1.82) is 0 Å². The molecule has 3 saturated heterocycles.